The summed E-state index contributed by atoms with van der Waals surface area (Å²) in [5.41, 5.74) is 2.13. The van der Waals surface area contributed by atoms with E-state index in [0.29, 0.717) is 27.1 Å². The minimum absolute atomic E-state index is 0.0133. The summed E-state index contributed by atoms with van der Waals surface area (Å²) in [6, 6.07) is 20.4. The van der Waals surface area contributed by atoms with Gasteiger partial charge in [0.15, 0.2) is 5.78 Å². The highest BCUT2D eigenvalue weighted by atomic mass is 35.5. The van der Waals surface area contributed by atoms with Gasteiger partial charge in [-0.05, 0) is 47.5 Å². The first-order valence-corrected chi connectivity index (χ1v) is 9.78. The third kappa shape index (κ3) is 4.17. The zero-order chi connectivity index (χ0) is 22.0. The van der Waals surface area contributed by atoms with Crippen molar-refractivity contribution in [3.05, 3.63) is 111 Å². The Morgan fingerprint density at radius 1 is 0.935 bits per heavy atom. The van der Waals surface area contributed by atoms with Crippen molar-refractivity contribution in [2.24, 2.45) is 0 Å². The van der Waals surface area contributed by atoms with E-state index in [9.17, 15) is 14.4 Å². The van der Waals surface area contributed by atoms with Crippen LogP contribution in [0.15, 0.2) is 83.7 Å². The van der Waals surface area contributed by atoms with E-state index in [-0.39, 0.29) is 11.1 Å². The second-order valence-corrected chi connectivity index (χ2v) is 7.32. The molecule has 6 heteroatoms. The van der Waals surface area contributed by atoms with Crippen LogP contribution in [0.4, 0.5) is 0 Å². The highest BCUT2D eigenvalue weighted by Crippen LogP contribution is 2.31. The smallest absolute Gasteiger partial charge is 0.335 e. The standard InChI is InChI=1S/C25H16ClNO4/c26-18-11-12-20-19(14-18)22(16-4-2-1-3-5-16)23(24(29)27-20)21(28)13-8-15-6-9-17(10-7-15)25(30)31/h1-14H,(H,27,29)(H,30,31)/b13-8+. The Morgan fingerprint density at radius 3 is 2.32 bits per heavy atom. The van der Waals surface area contributed by atoms with E-state index in [1.165, 1.54) is 18.2 Å². The number of aromatic nitrogens is 1. The number of hydrogen-bond donors (Lipinski definition) is 2. The maximum Gasteiger partial charge on any atom is 0.335 e. The first kappa shape index (κ1) is 20.3. The monoisotopic (exact) mass is 429 g/mol. The Morgan fingerprint density at radius 2 is 1.65 bits per heavy atom. The number of nitrogens with one attached hydrogen (secondary N) is 1. The van der Waals surface area contributed by atoms with Gasteiger partial charge >= 0.3 is 5.97 Å². The van der Waals surface area contributed by atoms with Crippen molar-refractivity contribution < 1.29 is 14.7 Å². The molecule has 5 nitrogen and oxygen atoms in total. The van der Waals surface area contributed by atoms with Crippen LogP contribution in [0.5, 0.6) is 0 Å². The number of carbonyl (C=O) groups excluding carboxylic acids is 1. The fraction of sp³-hybridized carbons (Fsp3) is 0. The molecule has 1 aromatic heterocycles. The molecule has 4 aromatic rings. The average Bonchev–Trinajstić information content (AvgIpc) is 2.77. The molecule has 152 valence electrons. The van der Waals surface area contributed by atoms with Crippen LogP contribution in [0.3, 0.4) is 0 Å². The Hall–Kier alpha value is -3.96. The molecule has 0 fully saturated rings. The third-order valence-electron chi connectivity index (χ3n) is 4.87. The van der Waals surface area contributed by atoms with Crippen LogP contribution >= 0.6 is 11.6 Å². The largest absolute Gasteiger partial charge is 0.478 e. The molecule has 0 saturated carbocycles. The number of aromatic amines is 1. The summed E-state index contributed by atoms with van der Waals surface area (Å²) in [5.74, 6) is -1.50. The number of rotatable bonds is 5. The van der Waals surface area contributed by atoms with E-state index >= 15 is 0 Å². The topological polar surface area (TPSA) is 87.2 Å². The van der Waals surface area contributed by atoms with E-state index in [4.69, 9.17) is 16.7 Å². The Balaban J connectivity index is 1.84. The van der Waals surface area contributed by atoms with Crippen LogP contribution in [0.1, 0.15) is 26.3 Å². The second-order valence-electron chi connectivity index (χ2n) is 6.88. The summed E-state index contributed by atoms with van der Waals surface area (Å²) in [5, 5.41) is 10.2. The number of carboxylic acid groups (broad SMARTS) is 1. The SMILES string of the molecule is O=C(O)c1ccc(/C=C/C(=O)c2c(-c3ccccc3)c3cc(Cl)ccc3[nH]c2=O)cc1. The molecule has 31 heavy (non-hydrogen) atoms. The molecule has 3 aromatic carbocycles. The molecular weight excluding hydrogens is 414 g/mol. The van der Waals surface area contributed by atoms with Crippen molar-refractivity contribution in [2.45, 2.75) is 0 Å². The number of aromatic carboxylic acids is 1. The quantitative estimate of drug-likeness (QED) is 0.326. The van der Waals surface area contributed by atoms with Gasteiger partial charge in [0.2, 0.25) is 0 Å². The van der Waals surface area contributed by atoms with Crippen LogP contribution in [-0.2, 0) is 0 Å². The molecule has 0 bridgehead atoms. The lowest BCUT2D eigenvalue weighted by Gasteiger charge is -2.11. The summed E-state index contributed by atoms with van der Waals surface area (Å²) in [7, 11) is 0. The Labute approximate surface area is 182 Å². The molecule has 0 aliphatic rings. The second kappa shape index (κ2) is 8.42. The number of fused-ring (bicyclic) bond motifs is 1. The van der Waals surface area contributed by atoms with Crippen LogP contribution < -0.4 is 5.56 Å². The molecule has 0 aliphatic carbocycles. The Kier molecular flexibility index (Phi) is 5.52. The predicted octanol–water partition coefficient (Wildman–Crippen LogP) is 5.44. The predicted molar refractivity (Wildman–Crippen MR) is 122 cm³/mol. The van der Waals surface area contributed by atoms with Crippen LogP contribution in [0, 0.1) is 0 Å². The number of carboxylic acids is 1. The van der Waals surface area contributed by atoms with Crippen LogP contribution in [-0.4, -0.2) is 21.8 Å². The summed E-state index contributed by atoms with van der Waals surface area (Å²) in [6.45, 7) is 0. The van der Waals surface area contributed by atoms with Gasteiger partial charge in [-0.15, -0.1) is 0 Å². The van der Waals surface area contributed by atoms with Crippen molar-refractivity contribution in [1.29, 1.82) is 0 Å². The molecular formula is C25H16ClNO4. The lowest BCUT2D eigenvalue weighted by molar-refractivity contribution is 0.0696. The van der Waals surface area contributed by atoms with E-state index in [0.717, 1.165) is 5.56 Å². The summed E-state index contributed by atoms with van der Waals surface area (Å²) in [6.07, 6.45) is 2.85. The van der Waals surface area contributed by atoms with Gasteiger partial charge in [-0.3, -0.25) is 9.59 Å². The molecule has 2 N–H and O–H groups in total. The Bertz CT molecular complexity index is 1390. The van der Waals surface area contributed by atoms with E-state index in [2.05, 4.69) is 4.98 Å². The molecule has 0 spiro atoms. The zero-order valence-corrected chi connectivity index (χ0v) is 16.9. The van der Waals surface area contributed by atoms with Gasteiger partial charge in [-0.25, -0.2) is 4.79 Å². The zero-order valence-electron chi connectivity index (χ0n) is 16.1. The number of carbonyl (C=O) groups is 2. The van der Waals surface area contributed by atoms with Crippen LogP contribution in [0.2, 0.25) is 5.02 Å². The van der Waals surface area contributed by atoms with Crippen LogP contribution in [0.25, 0.3) is 28.1 Å². The van der Waals surface area contributed by atoms with Gasteiger partial charge in [0, 0.05) is 21.5 Å². The lowest BCUT2D eigenvalue weighted by atomic mass is 9.94. The van der Waals surface area contributed by atoms with Gasteiger partial charge in [-0.2, -0.15) is 0 Å². The molecule has 4 rings (SSSR count). The first-order valence-electron chi connectivity index (χ1n) is 9.41. The molecule has 0 unspecified atom stereocenters. The molecule has 1 heterocycles. The number of H-pyrrole nitrogens is 1. The van der Waals surface area contributed by atoms with Crippen molar-refractivity contribution in [2.75, 3.05) is 0 Å². The molecule has 0 saturated heterocycles. The van der Waals surface area contributed by atoms with Gasteiger partial charge in [0.25, 0.3) is 5.56 Å². The molecule has 0 aliphatic heterocycles. The molecule has 0 amide bonds. The third-order valence-corrected chi connectivity index (χ3v) is 5.10. The van der Waals surface area contributed by atoms with Gasteiger partial charge in [-0.1, -0.05) is 60.1 Å². The minimum Gasteiger partial charge on any atom is -0.478 e. The minimum atomic E-state index is -1.03. The van der Waals surface area contributed by atoms with E-state index < -0.39 is 17.3 Å². The van der Waals surface area contributed by atoms with Crippen molar-refractivity contribution in [1.82, 2.24) is 4.98 Å². The normalized spacial score (nSPS) is 11.1. The van der Waals surface area contributed by atoms with Crippen molar-refractivity contribution in [3.8, 4) is 11.1 Å². The number of hydrogen-bond acceptors (Lipinski definition) is 3. The fourth-order valence-electron chi connectivity index (χ4n) is 3.40. The highest BCUT2D eigenvalue weighted by Gasteiger charge is 2.19. The molecule has 0 atom stereocenters. The highest BCUT2D eigenvalue weighted by molar-refractivity contribution is 6.31. The van der Waals surface area contributed by atoms with E-state index in [1.54, 1.807) is 36.4 Å². The molecule has 0 radical (unpaired) electrons. The summed E-state index contributed by atoms with van der Waals surface area (Å²) in [4.78, 5) is 39.7. The van der Waals surface area contributed by atoms with Gasteiger partial charge in [0.1, 0.15) is 0 Å². The average molecular weight is 430 g/mol. The number of ketones is 1. The number of pyridine rings is 1. The van der Waals surface area contributed by atoms with Crippen molar-refractivity contribution >= 4 is 40.3 Å². The van der Waals surface area contributed by atoms with E-state index in [1.807, 2.05) is 30.3 Å². The number of allylic oxidation sites excluding steroid dienone is 1. The lowest BCUT2D eigenvalue weighted by Crippen LogP contribution is -2.18. The maximum absolute atomic E-state index is 13.1. The van der Waals surface area contributed by atoms with Crippen molar-refractivity contribution in [3.63, 3.8) is 0 Å². The summed E-state index contributed by atoms with van der Waals surface area (Å²) < 4.78 is 0. The number of benzene rings is 3. The van der Waals surface area contributed by atoms with Gasteiger partial charge < -0.3 is 10.1 Å². The fourth-order valence-corrected chi connectivity index (χ4v) is 3.57. The van der Waals surface area contributed by atoms with Gasteiger partial charge in [0.05, 0.1) is 11.1 Å². The number of halogens is 1. The first-order chi connectivity index (χ1) is 14.9. The maximum atomic E-state index is 13.1. The summed E-state index contributed by atoms with van der Waals surface area (Å²) >= 11 is 6.19.